The molecule has 88 valence electrons. The first-order valence-electron chi connectivity index (χ1n) is 6.13. The van der Waals surface area contributed by atoms with Gasteiger partial charge in [-0.3, -0.25) is 0 Å². The topological polar surface area (TPSA) is 0 Å². The normalized spacial score (nSPS) is 26.4. The second-order valence-corrected chi connectivity index (χ2v) is 6.25. The summed E-state index contributed by atoms with van der Waals surface area (Å²) in [6.07, 6.45) is 7.55. The minimum absolute atomic E-state index is 0.398. The van der Waals surface area contributed by atoms with Gasteiger partial charge in [0.05, 0.1) is 0 Å². The first-order valence-corrected chi connectivity index (χ1v) is 7.36. The second kappa shape index (κ2) is 6.07. The molecule has 0 saturated heterocycles. The van der Waals surface area contributed by atoms with Crippen LogP contribution in [-0.2, 0) is 6.42 Å². The molecule has 0 nitrogen and oxygen atoms in total. The van der Waals surface area contributed by atoms with E-state index in [1.807, 2.05) is 0 Å². The third-order valence-corrected chi connectivity index (χ3v) is 4.61. The van der Waals surface area contributed by atoms with E-state index < -0.39 is 0 Å². The largest absolute Gasteiger partial charge is 0.123 e. The van der Waals surface area contributed by atoms with E-state index in [1.54, 1.807) is 0 Å². The smallest absolute Gasteiger partial charge is 0.0338 e. The van der Waals surface area contributed by atoms with E-state index >= 15 is 0 Å². The number of benzene rings is 1. The van der Waals surface area contributed by atoms with Crippen molar-refractivity contribution in [2.45, 2.75) is 43.9 Å². The van der Waals surface area contributed by atoms with Crippen molar-refractivity contribution >= 4 is 27.5 Å². The van der Waals surface area contributed by atoms with E-state index in [-0.39, 0.29) is 0 Å². The van der Waals surface area contributed by atoms with Crippen molar-refractivity contribution in [1.29, 1.82) is 0 Å². The zero-order valence-electron chi connectivity index (χ0n) is 9.46. The summed E-state index contributed by atoms with van der Waals surface area (Å²) in [5.74, 6) is 0.767. The van der Waals surface area contributed by atoms with Crippen molar-refractivity contribution in [3.05, 3.63) is 34.3 Å². The van der Waals surface area contributed by atoms with E-state index in [2.05, 4.69) is 40.2 Å². The predicted octanol–water partition coefficient (Wildman–Crippen LogP) is 5.18. The molecular weight excluding hydrogens is 284 g/mol. The van der Waals surface area contributed by atoms with E-state index in [1.165, 1.54) is 48.6 Å². The lowest BCUT2D eigenvalue weighted by Gasteiger charge is -2.16. The molecule has 0 spiro atoms. The summed E-state index contributed by atoms with van der Waals surface area (Å²) >= 11 is 9.93. The Morgan fingerprint density at radius 2 is 1.94 bits per heavy atom. The molecule has 1 aromatic rings. The highest BCUT2D eigenvalue weighted by Gasteiger charge is 2.19. The minimum atomic E-state index is 0.398. The van der Waals surface area contributed by atoms with Gasteiger partial charge < -0.3 is 0 Å². The van der Waals surface area contributed by atoms with Gasteiger partial charge in [-0.2, -0.15) is 0 Å². The fraction of sp³-hybridized carbons (Fsp3) is 0.571. The first-order chi connectivity index (χ1) is 7.75. The van der Waals surface area contributed by atoms with Gasteiger partial charge in [-0.25, -0.2) is 0 Å². The molecule has 0 heterocycles. The van der Waals surface area contributed by atoms with Crippen LogP contribution in [0, 0.1) is 5.92 Å². The van der Waals surface area contributed by atoms with Crippen LogP contribution in [0.25, 0.3) is 0 Å². The van der Waals surface area contributed by atoms with Crippen LogP contribution in [-0.4, -0.2) is 5.38 Å². The summed E-state index contributed by atoms with van der Waals surface area (Å²) in [4.78, 5) is 0. The Labute approximate surface area is 112 Å². The molecule has 0 aromatic heterocycles. The van der Waals surface area contributed by atoms with Crippen LogP contribution in [0.15, 0.2) is 28.7 Å². The monoisotopic (exact) mass is 300 g/mol. The number of rotatable bonds is 2. The molecule has 1 fully saturated rings. The van der Waals surface area contributed by atoms with Crippen LogP contribution in [0.4, 0.5) is 0 Å². The van der Waals surface area contributed by atoms with Gasteiger partial charge in [0.1, 0.15) is 0 Å². The van der Waals surface area contributed by atoms with Gasteiger partial charge in [-0.15, -0.1) is 11.6 Å². The first kappa shape index (κ1) is 12.4. The predicted molar refractivity (Wildman–Crippen MR) is 74.1 cm³/mol. The number of hydrogen-bond acceptors (Lipinski definition) is 0. The Morgan fingerprint density at radius 3 is 2.75 bits per heavy atom. The van der Waals surface area contributed by atoms with E-state index in [0.29, 0.717) is 5.38 Å². The average molecular weight is 302 g/mol. The molecule has 0 N–H and O–H groups in total. The maximum absolute atomic E-state index is 6.31. The second-order valence-electron chi connectivity index (χ2n) is 4.78. The number of hydrogen-bond donors (Lipinski definition) is 0. The molecular formula is C14H18BrCl. The fourth-order valence-corrected chi connectivity index (χ4v) is 3.41. The standard InChI is InChI=1S/C14H18BrCl/c15-14-8-4-2-6-12(14)9-11-5-1-3-7-13(16)10-11/h2,4,6,8,11,13H,1,3,5,7,9-10H2. The van der Waals surface area contributed by atoms with Crippen LogP contribution in [0.3, 0.4) is 0 Å². The zero-order valence-corrected chi connectivity index (χ0v) is 11.8. The summed E-state index contributed by atoms with van der Waals surface area (Å²) in [6, 6.07) is 8.54. The average Bonchev–Trinajstić information content (AvgIpc) is 2.46. The van der Waals surface area contributed by atoms with Crippen molar-refractivity contribution in [3.63, 3.8) is 0 Å². The van der Waals surface area contributed by atoms with Gasteiger partial charge in [0.25, 0.3) is 0 Å². The van der Waals surface area contributed by atoms with Crippen molar-refractivity contribution in [1.82, 2.24) is 0 Å². The van der Waals surface area contributed by atoms with E-state index in [4.69, 9.17) is 11.6 Å². The maximum atomic E-state index is 6.31. The quantitative estimate of drug-likeness (QED) is 0.521. The summed E-state index contributed by atoms with van der Waals surface area (Å²) in [5, 5.41) is 0.398. The van der Waals surface area contributed by atoms with Gasteiger partial charge >= 0.3 is 0 Å². The van der Waals surface area contributed by atoms with Crippen molar-refractivity contribution in [2.75, 3.05) is 0 Å². The molecule has 2 atom stereocenters. The SMILES string of the molecule is ClC1CCCCC(Cc2ccccc2Br)C1. The molecule has 1 aliphatic carbocycles. The zero-order chi connectivity index (χ0) is 11.4. The van der Waals surface area contributed by atoms with Crippen LogP contribution in [0.5, 0.6) is 0 Å². The summed E-state index contributed by atoms with van der Waals surface area (Å²) in [7, 11) is 0. The molecule has 2 rings (SSSR count). The third-order valence-electron chi connectivity index (χ3n) is 3.44. The fourth-order valence-electron chi connectivity index (χ4n) is 2.56. The summed E-state index contributed by atoms with van der Waals surface area (Å²) in [5.41, 5.74) is 1.43. The van der Waals surface area contributed by atoms with Gasteiger partial charge in [0.15, 0.2) is 0 Å². The highest BCUT2D eigenvalue weighted by molar-refractivity contribution is 9.10. The highest BCUT2D eigenvalue weighted by Crippen LogP contribution is 2.30. The molecule has 0 aliphatic heterocycles. The van der Waals surface area contributed by atoms with E-state index in [0.717, 1.165) is 5.92 Å². The molecule has 2 heteroatoms. The van der Waals surface area contributed by atoms with Gasteiger partial charge in [0, 0.05) is 9.85 Å². The Bertz CT molecular complexity index is 337. The van der Waals surface area contributed by atoms with Crippen LogP contribution >= 0.6 is 27.5 Å². The van der Waals surface area contributed by atoms with E-state index in [9.17, 15) is 0 Å². The van der Waals surface area contributed by atoms with Crippen molar-refractivity contribution in [3.8, 4) is 0 Å². The molecule has 1 aliphatic rings. The number of alkyl halides is 1. The van der Waals surface area contributed by atoms with Gasteiger partial charge in [0.2, 0.25) is 0 Å². The van der Waals surface area contributed by atoms with Gasteiger partial charge in [-0.05, 0) is 36.8 Å². The van der Waals surface area contributed by atoms with Crippen LogP contribution in [0.1, 0.15) is 37.7 Å². The van der Waals surface area contributed by atoms with Crippen molar-refractivity contribution in [2.24, 2.45) is 5.92 Å². The highest BCUT2D eigenvalue weighted by atomic mass is 79.9. The molecule has 2 unspecified atom stereocenters. The Morgan fingerprint density at radius 1 is 1.19 bits per heavy atom. The van der Waals surface area contributed by atoms with Crippen molar-refractivity contribution < 1.29 is 0 Å². The minimum Gasteiger partial charge on any atom is -0.123 e. The lowest BCUT2D eigenvalue weighted by Crippen LogP contribution is -2.09. The van der Waals surface area contributed by atoms with Gasteiger partial charge in [-0.1, -0.05) is 53.4 Å². The summed E-state index contributed by atoms with van der Waals surface area (Å²) in [6.45, 7) is 0. The molecule has 0 bridgehead atoms. The molecule has 0 amide bonds. The number of halogens is 2. The maximum Gasteiger partial charge on any atom is 0.0338 e. The third kappa shape index (κ3) is 3.49. The Kier molecular flexibility index (Phi) is 4.72. The summed E-state index contributed by atoms with van der Waals surface area (Å²) < 4.78 is 1.24. The Balaban J connectivity index is 2.00. The molecule has 16 heavy (non-hydrogen) atoms. The molecule has 1 aromatic carbocycles. The lowest BCUT2D eigenvalue weighted by atomic mass is 9.92. The molecule has 1 saturated carbocycles. The Hall–Kier alpha value is -0.0100. The molecule has 0 radical (unpaired) electrons. The van der Waals surface area contributed by atoms with Crippen LogP contribution < -0.4 is 0 Å². The lowest BCUT2D eigenvalue weighted by molar-refractivity contribution is 0.459. The van der Waals surface area contributed by atoms with Crippen LogP contribution in [0.2, 0.25) is 0 Å².